The summed E-state index contributed by atoms with van der Waals surface area (Å²) in [5.41, 5.74) is 1.10. The molecule has 2 fully saturated rings. The lowest BCUT2D eigenvalue weighted by Crippen LogP contribution is -2.32. The molecule has 1 aliphatic carbocycles. The summed E-state index contributed by atoms with van der Waals surface area (Å²) in [6.45, 7) is 0. The molecule has 0 bridgehead atoms. The average Bonchev–Trinajstić information content (AvgIpc) is 3.21. The van der Waals surface area contributed by atoms with Crippen LogP contribution in [0.2, 0.25) is 0 Å². The molecule has 1 aromatic rings. The van der Waals surface area contributed by atoms with E-state index >= 15 is 0 Å². The molecular weight excluding hydrogens is 256 g/mol. The van der Waals surface area contributed by atoms with Crippen molar-refractivity contribution in [1.82, 2.24) is 4.90 Å². The van der Waals surface area contributed by atoms with E-state index in [-0.39, 0.29) is 18.4 Å². The van der Waals surface area contributed by atoms with Crippen LogP contribution in [-0.2, 0) is 9.59 Å². The minimum Gasteiger partial charge on any atom is -0.481 e. The minimum absolute atomic E-state index is 0.0241. The second-order valence-corrected chi connectivity index (χ2v) is 5.32. The average molecular weight is 270 g/mol. The van der Waals surface area contributed by atoms with Crippen molar-refractivity contribution in [2.45, 2.75) is 31.3 Å². The summed E-state index contributed by atoms with van der Waals surface area (Å²) in [4.78, 5) is 25.3. The maximum atomic E-state index is 12.1. The van der Waals surface area contributed by atoms with Crippen LogP contribution in [0.25, 0.3) is 0 Å². The number of carbonyl (C=O) groups is 2. The van der Waals surface area contributed by atoms with Gasteiger partial charge in [0.2, 0.25) is 5.91 Å². The number of amides is 1. The van der Waals surface area contributed by atoms with E-state index in [2.05, 4.69) is 6.07 Å². The number of aliphatic carboxylic acids is 1. The summed E-state index contributed by atoms with van der Waals surface area (Å²) in [6.07, 6.45) is 1.86. The molecule has 0 spiro atoms. The van der Waals surface area contributed by atoms with Crippen molar-refractivity contribution < 1.29 is 14.7 Å². The van der Waals surface area contributed by atoms with Crippen molar-refractivity contribution in [1.29, 1.82) is 5.26 Å². The van der Waals surface area contributed by atoms with Crippen LogP contribution >= 0.6 is 0 Å². The molecule has 1 heterocycles. The van der Waals surface area contributed by atoms with E-state index in [9.17, 15) is 20.0 Å². The highest BCUT2D eigenvalue weighted by Gasteiger charge is 2.50. The Kier molecular flexibility index (Phi) is 2.94. The van der Waals surface area contributed by atoms with Gasteiger partial charge in [0.15, 0.2) is 0 Å². The van der Waals surface area contributed by atoms with Gasteiger partial charge in [-0.25, -0.2) is 0 Å². The van der Waals surface area contributed by atoms with Crippen LogP contribution in [0.1, 0.15) is 36.4 Å². The molecular formula is C15H14N2O3. The summed E-state index contributed by atoms with van der Waals surface area (Å²) in [7, 11) is 0. The first kappa shape index (κ1) is 12.7. The molecule has 102 valence electrons. The quantitative estimate of drug-likeness (QED) is 0.906. The number of rotatable bonds is 3. The smallest absolute Gasteiger partial charge is 0.309 e. The maximum absolute atomic E-state index is 12.1. The summed E-state index contributed by atoms with van der Waals surface area (Å²) >= 11 is 0. The third-order valence-electron chi connectivity index (χ3n) is 4.02. The van der Waals surface area contributed by atoms with Gasteiger partial charge >= 0.3 is 5.97 Å². The Morgan fingerprint density at radius 2 is 2.05 bits per heavy atom. The van der Waals surface area contributed by atoms with E-state index in [1.54, 1.807) is 29.2 Å². The second-order valence-electron chi connectivity index (χ2n) is 5.32. The van der Waals surface area contributed by atoms with Gasteiger partial charge in [0, 0.05) is 12.5 Å². The molecule has 3 rings (SSSR count). The summed E-state index contributed by atoms with van der Waals surface area (Å²) in [5.74, 6) is -1.85. The van der Waals surface area contributed by atoms with Crippen LogP contribution in [0.15, 0.2) is 24.3 Å². The van der Waals surface area contributed by atoms with E-state index in [1.807, 2.05) is 0 Å². The molecule has 1 amide bonds. The Morgan fingerprint density at radius 1 is 1.35 bits per heavy atom. The lowest BCUT2D eigenvalue weighted by atomic mass is 9.91. The first-order valence-electron chi connectivity index (χ1n) is 6.66. The molecule has 2 aliphatic rings. The standard InChI is InChI=1S/C15H14N2O3/c16-8-9-3-1-2-4-11(9)14-12(15(19)20)7-13(18)17(14)10-5-6-10/h1-4,10,12,14H,5-7H2,(H,19,20). The maximum Gasteiger partial charge on any atom is 0.309 e. The number of benzene rings is 1. The molecule has 2 atom stereocenters. The fourth-order valence-corrected chi connectivity index (χ4v) is 2.98. The van der Waals surface area contributed by atoms with Crippen LogP contribution in [0.4, 0.5) is 0 Å². The van der Waals surface area contributed by atoms with E-state index in [0.717, 1.165) is 12.8 Å². The molecule has 1 aromatic carbocycles. The largest absolute Gasteiger partial charge is 0.481 e. The molecule has 20 heavy (non-hydrogen) atoms. The van der Waals surface area contributed by atoms with Crippen molar-refractivity contribution in [2.24, 2.45) is 5.92 Å². The van der Waals surface area contributed by atoms with Gasteiger partial charge in [-0.05, 0) is 24.5 Å². The van der Waals surface area contributed by atoms with Crippen LogP contribution in [0.5, 0.6) is 0 Å². The number of nitrogens with zero attached hydrogens (tertiary/aromatic N) is 2. The summed E-state index contributed by atoms with van der Waals surface area (Å²) in [6, 6.07) is 8.68. The molecule has 2 unspecified atom stereocenters. The Bertz CT molecular complexity index is 616. The highest BCUT2D eigenvalue weighted by atomic mass is 16.4. The van der Waals surface area contributed by atoms with Crippen molar-refractivity contribution >= 4 is 11.9 Å². The second kappa shape index (κ2) is 4.64. The number of hydrogen-bond donors (Lipinski definition) is 1. The van der Waals surface area contributed by atoms with Gasteiger partial charge in [0.25, 0.3) is 0 Å². The zero-order valence-corrected chi connectivity index (χ0v) is 10.8. The van der Waals surface area contributed by atoms with Crippen LogP contribution < -0.4 is 0 Å². The Balaban J connectivity index is 2.08. The molecule has 5 nitrogen and oxygen atoms in total. The number of carboxylic acids is 1. The number of nitriles is 1. The molecule has 0 radical (unpaired) electrons. The monoisotopic (exact) mass is 270 g/mol. The first-order chi connectivity index (χ1) is 9.63. The topological polar surface area (TPSA) is 81.4 Å². The summed E-state index contributed by atoms with van der Waals surface area (Å²) in [5, 5.41) is 18.6. The predicted molar refractivity (Wildman–Crippen MR) is 69.5 cm³/mol. The summed E-state index contributed by atoms with van der Waals surface area (Å²) < 4.78 is 0. The lowest BCUT2D eigenvalue weighted by Gasteiger charge is -2.27. The molecule has 1 saturated heterocycles. The highest BCUT2D eigenvalue weighted by Crippen LogP contribution is 2.45. The van der Waals surface area contributed by atoms with Gasteiger partial charge in [-0.1, -0.05) is 18.2 Å². The fourth-order valence-electron chi connectivity index (χ4n) is 2.98. The van der Waals surface area contributed by atoms with E-state index in [0.29, 0.717) is 11.1 Å². The van der Waals surface area contributed by atoms with Gasteiger partial charge < -0.3 is 10.0 Å². The zero-order valence-electron chi connectivity index (χ0n) is 10.8. The Hall–Kier alpha value is -2.35. The minimum atomic E-state index is -0.973. The van der Waals surface area contributed by atoms with Gasteiger partial charge in [-0.2, -0.15) is 5.26 Å². The van der Waals surface area contributed by atoms with Crippen molar-refractivity contribution in [3.05, 3.63) is 35.4 Å². The van der Waals surface area contributed by atoms with Crippen LogP contribution in [-0.4, -0.2) is 27.9 Å². The molecule has 1 saturated carbocycles. The van der Waals surface area contributed by atoms with E-state index < -0.39 is 17.9 Å². The van der Waals surface area contributed by atoms with Crippen LogP contribution in [0, 0.1) is 17.2 Å². The zero-order chi connectivity index (χ0) is 14.3. The molecule has 1 N–H and O–H groups in total. The first-order valence-corrected chi connectivity index (χ1v) is 6.66. The predicted octanol–water partition coefficient (Wildman–Crippen LogP) is 1.69. The van der Waals surface area contributed by atoms with Crippen molar-refractivity contribution in [3.8, 4) is 6.07 Å². The highest BCUT2D eigenvalue weighted by molar-refractivity contribution is 5.88. The fraction of sp³-hybridized carbons (Fsp3) is 0.400. The molecule has 5 heteroatoms. The number of hydrogen-bond acceptors (Lipinski definition) is 3. The normalized spacial score (nSPS) is 25.6. The SMILES string of the molecule is N#Cc1ccccc1C1C(C(=O)O)CC(=O)N1C1CC1. The van der Waals surface area contributed by atoms with E-state index in [4.69, 9.17) is 0 Å². The number of carbonyl (C=O) groups excluding carboxylic acids is 1. The number of carboxylic acid groups (broad SMARTS) is 1. The Morgan fingerprint density at radius 3 is 2.65 bits per heavy atom. The third kappa shape index (κ3) is 1.94. The number of likely N-dealkylation sites (tertiary alicyclic amines) is 1. The lowest BCUT2D eigenvalue weighted by molar-refractivity contribution is -0.142. The van der Waals surface area contributed by atoms with Gasteiger partial charge in [-0.15, -0.1) is 0 Å². The van der Waals surface area contributed by atoms with Crippen molar-refractivity contribution in [2.75, 3.05) is 0 Å². The van der Waals surface area contributed by atoms with E-state index in [1.165, 1.54) is 0 Å². The molecule has 1 aliphatic heterocycles. The Labute approximate surface area is 116 Å². The van der Waals surface area contributed by atoms with Gasteiger partial charge in [0.1, 0.15) is 0 Å². The van der Waals surface area contributed by atoms with Crippen LogP contribution in [0.3, 0.4) is 0 Å². The van der Waals surface area contributed by atoms with Gasteiger partial charge in [-0.3, -0.25) is 9.59 Å². The van der Waals surface area contributed by atoms with Crippen molar-refractivity contribution in [3.63, 3.8) is 0 Å². The third-order valence-corrected chi connectivity index (χ3v) is 4.02. The van der Waals surface area contributed by atoms with Gasteiger partial charge in [0.05, 0.1) is 23.6 Å². The molecule has 0 aromatic heterocycles.